The summed E-state index contributed by atoms with van der Waals surface area (Å²) in [6.07, 6.45) is -5.76. The van der Waals surface area contributed by atoms with Gasteiger partial charge in [-0.05, 0) is 23.5 Å². The van der Waals surface area contributed by atoms with Crippen LogP contribution >= 0.6 is 0 Å². The first kappa shape index (κ1) is 20.3. The molecule has 2 atom stereocenters. The van der Waals surface area contributed by atoms with Crippen molar-refractivity contribution in [2.75, 3.05) is 0 Å². The van der Waals surface area contributed by atoms with Crippen molar-refractivity contribution in [2.45, 2.75) is 51.0 Å². The molecule has 0 saturated heterocycles. The predicted molar refractivity (Wildman–Crippen MR) is 83.6 cm³/mol. The first-order valence-electron chi connectivity index (χ1n) is 8.04. The maximum Gasteiger partial charge on any atom is 0.461 e. The van der Waals surface area contributed by atoms with Crippen LogP contribution in [-0.4, -0.2) is 35.9 Å². The Morgan fingerprint density at radius 2 is 1.69 bits per heavy atom. The Bertz CT molecular complexity index is 688. The number of Topliss-reactive ketones (excluding diaryl/α,β-unsaturated/α-hetero) is 1. The lowest BCUT2D eigenvalue weighted by Gasteiger charge is -2.30. The molecule has 1 aliphatic heterocycles. The summed E-state index contributed by atoms with van der Waals surface area (Å²) < 4.78 is 64.2. The van der Waals surface area contributed by atoms with Crippen molar-refractivity contribution in [1.29, 1.82) is 0 Å². The zero-order valence-corrected chi connectivity index (χ0v) is 14.2. The minimum Gasteiger partial charge on any atom is -0.344 e. The second-order valence-electron chi connectivity index (χ2n) is 6.57. The molecule has 1 aromatic carbocycles. The third kappa shape index (κ3) is 4.03. The van der Waals surface area contributed by atoms with Crippen LogP contribution in [0.2, 0.25) is 0 Å². The third-order valence-corrected chi connectivity index (χ3v) is 4.31. The highest BCUT2D eigenvalue weighted by Gasteiger charge is 2.64. The second-order valence-corrected chi connectivity index (χ2v) is 6.57. The first-order valence-corrected chi connectivity index (χ1v) is 8.04. The highest BCUT2D eigenvalue weighted by atomic mass is 19.4. The van der Waals surface area contributed by atoms with Gasteiger partial charge < -0.3 is 10.6 Å². The van der Waals surface area contributed by atoms with E-state index in [4.69, 9.17) is 0 Å². The topological polar surface area (TPSA) is 58.2 Å². The fourth-order valence-electron chi connectivity index (χ4n) is 2.76. The van der Waals surface area contributed by atoms with Gasteiger partial charge in [0.25, 0.3) is 0 Å². The van der Waals surface area contributed by atoms with Crippen LogP contribution in [0.5, 0.6) is 0 Å². The van der Waals surface area contributed by atoms with Crippen LogP contribution in [0.15, 0.2) is 24.3 Å². The monoisotopic (exact) mass is 378 g/mol. The van der Waals surface area contributed by atoms with Crippen molar-refractivity contribution < 1.29 is 31.5 Å². The van der Waals surface area contributed by atoms with Crippen LogP contribution in [0.1, 0.15) is 25.0 Å². The van der Waals surface area contributed by atoms with Gasteiger partial charge in [0, 0.05) is 6.54 Å². The molecule has 4 nitrogen and oxygen atoms in total. The molecule has 0 saturated carbocycles. The molecule has 0 spiro atoms. The van der Waals surface area contributed by atoms with Crippen molar-refractivity contribution in [3.8, 4) is 0 Å². The summed E-state index contributed by atoms with van der Waals surface area (Å²) in [4.78, 5) is 24.1. The van der Waals surface area contributed by atoms with Gasteiger partial charge in [0.2, 0.25) is 11.7 Å². The van der Waals surface area contributed by atoms with E-state index < -0.39 is 41.8 Å². The van der Waals surface area contributed by atoms with Crippen molar-refractivity contribution >= 4 is 11.7 Å². The van der Waals surface area contributed by atoms with E-state index in [1.165, 1.54) is 13.8 Å². The molecule has 0 radical (unpaired) electrons. The summed E-state index contributed by atoms with van der Waals surface area (Å²) in [5, 5.41) is 4.96. The Hall–Kier alpha value is -2.03. The molecule has 1 heterocycles. The van der Waals surface area contributed by atoms with Gasteiger partial charge in [0.1, 0.15) is 0 Å². The normalized spacial score (nSPS) is 19.0. The van der Waals surface area contributed by atoms with Crippen LogP contribution < -0.4 is 10.6 Å². The van der Waals surface area contributed by atoms with Gasteiger partial charge in [-0.15, -0.1) is 0 Å². The minimum atomic E-state index is -6.01. The van der Waals surface area contributed by atoms with Gasteiger partial charge in [-0.1, -0.05) is 38.1 Å². The quantitative estimate of drug-likeness (QED) is 0.775. The predicted octanol–water partition coefficient (Wildman–Crippen LogP) is 2.61. The minimum absolute atomic E-state index is 0.247. The summed E-state index contributed by atoms with van der Waals surface area (Å²) in [5.74, 6) is -9.61. The van der Waals surface area contributed by atoms with Crippen molar-refractivity contribution in [3.05, 3.63) is 35.4 Å². The van der Waals surface area contributed by atoms with E-state index in [1.54, 1.807) is 12.1 Å². The Labute approximate surface area is 147 Å². The van der Waals surface area contributed by atoms with E-state index in [9.17, 15) is 31.5 Å². The summed E-state index contributed by atoms with van der Waals surface area (Å²) in [6, 6.07) is 4.51. The summed E-state index contributed by atoms with van der Waals surface area (Å²) >= 11 is 0. The van der Waals surface area contributed by atoms with Gasteiger partial charge in [-0.3, -0.25) is 9.59 Å². The van der Waals surface area contributed by atoms with E-state index in [2.05, 4.69) is 10.6 Å². The number of alkyl halides is 5. The average molecular weight is 378 g/mol. The number of nitrogens with one attached hydrogen (secondary N) is 2. The number of amides is 1. The smallest absolute Gasteiger partial charge is 0.344 e. The van der Waals surface area contributed by atoms with E-state index in [-0.39, 0.29) is 6.42 Å². The lowest BCUT2D eigenvalue weighted by molar-refractivity contribution is -0.269. The molecule has 2 unspecified atom stereocenters. The number of benzene rings is 1. The SMILES string of the molecule is CC(C)C(NC(=O)C1Cc2ccccc2CN1)C(=O)C(F)(F)C(F)(F)F. The summed E-state index contributed by atoms with van der Waals surface area (Å²) in [6.45, 7) is 2.94. The maximum atomic E-state index is 13.4. The number of rotatable bonds is 5. The molecule has 144 valence electrons. The zero-order chi connectivity index (χ0) is 19.7. The van der Waals surface area contributed by atoms with Crippen LogP contribution in [-0.2, 0) is 22.6 Å². The molecule has 0 aliphatic carbocycles. The molecule has 0 aromatic heterocycles. The van der Waals surface area contributed by atoms with E-state index in [0.29, 0.717) is 6.54 Å². The van der Waals surface area contributed by atoms with E-state index >= 15 is 0 Å². The largest absolute Gasteiger partial charge is 0.461 e. The lowest BCUT2D eigenvalue weighted by Crippen LogP contribution is -2.59. The number of carbonyl (C=O) groups is 2. The van der Waals surface area contributed by atoms with Gasteiger partial charge in [0.05, 0.1) is 12.1 Å². The van der Waals surface area contributed by atoms with Gasteiger partial charge in [-0.2, -0.15) is 22.0 Å². The molecule has 0 bridgehead atoms. The fraction of sp³-hybridized carbons (Fsp3) is 0.529. The van der Waals surface area contributed by atoms with E-state index in [1.807, 2.05) is 12.1 Å². The molecule has 1 amide bonds. The van der Waals surface area contributed by atoms with Crippen molar-refractivity contribution in [3.63, 3.8) is 0 Å². The number of halogens is 5. The number of carbonyl (C=O) groups excluding carboxylic acids is 2. The first-order chi connectivity index (χ1) is 11.9. The number of hydrogen-bond acceptors (Lipinski definition) is 3. The maximum absolute atomic E-state index is 13.4. The fourth-order valence-corrected chi connectivity index (χ4v) is 2.76. The van der Waals surface area contributed by atoms with Crippen LogP contribution in [0.4, 0.5) is 22.0 Å². The lowest BCUT2D eigenvalue weighted by atomic mass is 9.93. The number of hydrogen-bond donors (Lipinski definition) is 2. The Morgan fingerprint density at radius 3 is 2.23 bits per heavy atom. The van der Waals surface area contributed by atoms with E-state index in [0.717, 1.165) is 11.1 Å². The molecule has 1 aliphatic rings. The Balaban J connectivity index is 2.13. The van der Waals surface area contributed by atoms with Gasteiger partial charge in [-0.25, -0.2) is 0 Å². The molecule has 0 fully saturated rings. The Morgan fingerprint density at radius 1 is 1.12 bits per heavy atom. The highest BCUT2D eigenvalue weighted by molar-refractivity contribution is 5.95. The van der Waals surface area contributed by atoms with Gasteiger partial charge in [0.15, 0.2) is 0 Å². The molecule has 1 aromatic rings. The van der Waals surface area contributed by atoms with Gasteiger partial charge >= 0.3 is 12.1 Å². The molecule has 2 N–H and O–H groups in total. The molecule has 26 heavy (non-hydrogen) atoms. The zero-order valence-electron chi connectivity index (χ0n) is 14.2. The number of ketones is 1. The molecular formula is C17H19F5N2O2. The average Bonchev–Trinajstić information content (AvgIpc) is 2.57. The Kier molecular flexibility index (Phi) is 5.70. The molecule has 2 rings (SSSR count). The standard InChI is InChI=1S/C17H19F5N2O2/c1-9(2)13(14(25)16(18,19)17(20,21)22)24-15(26)12-7-10-5-3-4-6-11(10)8-23-12/h3-6,9,12-13,23H,7-8H2,1-2H3,(H,24,26). The highest BCUT2D eigenvalue weighted by Crippen LogP contribution is 2.37. The third-order valence-electron chi connectivity index (χ3n) is 4.31. The van der Waals surface area contributed by atoms with Crippen LogP contribution in [0.25, 0.3) is 0 Å². The van der Waals surface area contributed by atoms with Crippen molar-refractivity contribution in [2.24, 2.45) is 5.92 Å². The summed E-state index contributed by atoms with van der Waals surface area (Å²) in [7, 11) is 0. The summed E-state index contributed by atoms with van der Waals surface area (Å²) in [5.41, 5.74) is 1.84. The van der Waals surface area contributed by atoms with Crippen molar-refractivity contribution in [1.82, 2.24) is 10.6 Å². The molecular weight excluding hydrogens is 359 g/mol. The van der Waals surface area contributed by atoms with Crippen LogP contribution in [0, 0.1) is 5.92 Å². The second kappa shape index (κ2) is 7.30. The molecule has 9 heteroatoms. The number of fused-ring (bicyclic) bond motifs is 1. The van der Waals surface area contributed by atoms with Crippen LogP contribution in [0.3, 0.4) is 0 Å².